The number of carbonyl (C=O) groups excluding carboxylic acids is 2. The van der Waals surface area contributed by atoms with E-state index in [1.807, 2.05) is 37.3 Å². The summed E-state index contributed by atoms with van der Waals surface area (Å²) in [7, 11) is 0. The highest BCUT2D eigenvalue weighted by atomic mass is 16.2. The van der Waals surface area contributed by atoms with Crippen LogP contribution in [0.25, 0.3) is 22.3 Å². The Bertz CT molecular complexity index is 1410. The van der Waals surface area contributed by atoms with Crippen LogP contribution in [0.1, 0.15) is 18.9 Å². The van der Waals surface area contributed by atoms with E-state index in [1.54, 1.807) is 49.4 Å². The van der Waals surface area contributed by atoms with Crippen molar-refractivity contribution >= 4 is 34.2 Å². The number of nitrogens with one attached hydrogen (secondary N) is 2. The molecule has 2 amide bonds. The van der Waals surface area contributed by atoms with Gasteiger partial charge in [-0.15, -0.1) is 0 Å². The molecule has 7 heteroatoms. The molecule has 4 aromatic rings. The molecule has 0 radical (unpaired) electrons. The summed E-state index contributed by atoms with van der Waals surface area (Å²) in [4.78, 5) is 43.0. The summed E-state index contributed by atoms with van der Waals surface area (Å²) in [6.45, 7) is 3.49. The Hall–Kier alpha value is -4.26. The molecule has 0 atom stereocenters. The molecule has 1 aromatic heterocycles. The third-order valence-electron chi connectivity index (χ3n) is 5.35. The van der Waals surface area contributed by atoms with E-state index in [4.69, 9.17) is 0 Å². The normalized spacial score (nSPS) is 10.7. The van der Waals surface area contributed by atoms with Crippen LogP contribution in [0, 0.1) is 6.92 Å². The maximum atomic E-state index is 13.6. The van der Waals surface area contributed by atoms with Crippen molar-refractivity contribution in [1.82, 2.24) is 9.55 Å². The van der Waals surface area contributed by atoms with Gasteiger partial charge < -0.3 is 10.6 Å². The van der Waals surface area contributed by atoms with Crippen molar-refractivity contribution in [2.75, 3.05) is 10.6 Å². The molecule has 3 aromatic carbocycles. The fraction of sp³-hybridized carbons (Fsp3) is 0.154. The summed E-state index contributed by atoms with van der Waals surface area (Å²) in [5, 5.41) is 5.71. The van der Waals surface area contributed by atoms with E-state index < -0.39 is 5.56 Å². The van der Waals surface area contributed by atoms with E-state index in [2.05, 4.69) is 15.6 Å². The fourth-order valence-electron chi connectivity index (χ4n) is 3.61. The Balaban J connectivity index is 1.80. The summed E-state index contributed by atoms with van der Waals surface area (Å²) in [5.74, 6) is -0.484. The summed E-state index contributed by atoms with van der Waals surface area (Å²) in [6.07, 6.45) is 0.308. The maximum absolute atomic E-state index is 13.6. The highest BCUT2D eigenvalue weighted by Gasteiger charge is 2.18. The van der Waals surface area contributed by atoms with Gasteiger partial charge in [0, 0.05) is 17.7 Å². The predicted molar refractivity (Wildman–Crippen MR) is 130 cm³/mol. The minimum atomic E-state index is -0.410. The SMILES string of the molecule is CCC(=O)Nc1ccccc1-c1nc2ccccc2n(CC(=O)Nc2ccccc2C)c1=O. The number of nitrogens with zero attached hydrogens (tertiary/aromatic N) is 2. The summed E-state index contributed by atoms with van der Waals surface area (Å²) in [5.41, 5.74) is 3.52. The van der Waals surface area contributed by atoms with Gasteiger partial charge >= 0.3 is 0 Å². The van der Waals surface area contributed by atoms with Crippen LogP contribution in [0.3, 0.4) is 0 Å². The van der Waals surface area contributed by atoms with Crippen LogP contribution < -0.4 is 16.2 Å². The molecule has 0 aliphatic carbocycles. The molecular weight excluding hydrogens is 416 g/mol. The third-order valence-corrected chi connectivity index (χ3v) is 5.35. The quantitative estimate of drug-likeness (QED) is 0.466. The van der Waals surface area contributed by atoms with Crippen LogP contribution in [0.2, 0.25) is 0 Å². The zero-order valence-electron chi connectivity index (χ0n) is 18.5. The summed E-state index contributed by atoms with van der Waals surface area (Å²) in [6, 6.07) is 21.7. The van der Waals surface area contributed by atoms with Gasteiger partial charge in [-0.1, -0.05) is 55.5 Å². The number of benzene rings is 3. The molecule has 0 aliphatic rings. The van der Waals surface area contributed by atoms with Gasteiger partial charge in [0.25, 0.3) is 5.56 Å². The standard InChI is InChI=1S/C26H24N4O3/c1-3-23(31)28-20-13-7-5-11-18(20)25-26(33)30(22-15-9-8-14-21(22)29-25)16-24(32)27-19-12-6-4-10-17(19)2/h4-15H,3,16H2,1-2H3,(H,27,32)(H,28,31). The maximum Gasteiger partial charge on any atom is 0.278 e. The van der Waals surface area contributed by atoms with Gasteiger partial charge in [0.2, 0.25) is 11.8 Å². The van der Waals surface area contributed by atoms with Gasteiger partial charge in [-0.05, 0) is 36.8 Å². The number of rotatable bonds is 6. The molecule has 0 aliphatic heterocycles. The van der Waals surface area contributed by atoms with E-state index in [0.29, 0.717) is 34.4 Å². The van der Waals surface area contributed by atoms with Crippen LogP contribution in [0.4, 0.5) is 11.4 Å². The first-order valence-electron chi connectivity index (χ1n) is 10.7. The lowest BCUT2D eigenvalue weighted by molar-refractivity contribution is -0.117. The Labute approximate surface area is 191 Å². The third kappa shape index (κ3) is 4.67. The Morgan fingerprint density at radius 2 is 1.48 bits per heavy atom. The second-order valence-electron chi connectivity index (χ2n) is 7.65. The van der Waals surface area contributed by atoms with Crippen molar-refractivity contribution in [3.8, 4) is 11.3 Å². The first kappa shape index (κ1) is 22.0. The first-order valence-corrected chi connectivity index (χ1v) is 10.7. The van der Waals surface area contributed by atoms with Gasteiger partial charge in [-0.25, -0.2) is 4.98 Å². The van der Waals surface area contributed by atoms with Gasteiger partial charge in [0.15, 0.2) is 0 Å². The number of aromatic nitrogens is 2. The molecule has 0 saturated heterocycles. The average molecular weight is 441 g/mol. The minimum absolute atomic E-state index is 0.166. The van der Waals surface area contributed by atoms with Crippen LogP contribution in [0.5, 0.6) is 0 Å². The van der Waals surface area contributed by atoms with Crippen LogP contribution in [-0.4, -0.2) is 21.4 Å². The Morgan fingerprint density at radius 3 is 2.24 bits per heavy atom. The number of anilines is 2. The topological polar surface area (TPSA) is 93.1 Å². The molecule has 0 saturated carbocycles. The molecular formula is C26H24N4O3. The number of amides is 2. The second-order valence-corrected chi connectivity index (χ2v) is 7.65. The number of para-hydroxylation sites is 4. The highest BCUT2D eigenvalue weighted by molar-refractivity contribution is 5.96. The number of hydrogen-bond acceptors (Lipinski definition) is 4. The predicted octanol–water partition coefficient (Wildman–Crippen LogP) is 4.36. The van der Waals surface area contributed by atoms with Crippen molar-refractivity contribution in [1.29, 1.82) is 0 Å². The lowest BCUT2D eigenvalue weighted by Crippen LogP contribution is -2.30. The van der Waals surface area contributed by atoms with Crippen molar-refractivity contribution in [3.63, 3.8) is 0 Å². The fourth-order valence-corrected chi connectivity index (χ4v) is 3.61. The number of hydrogen-bond donors (Lipinski definition) is 2. The molecule has 166 valence electrons. The number of fused-ring (bicyclic) bond motifs is 1. The Morgan fingerprint density at radius 1 is 0.848 bits per heavy atom. The second kappa shape index (κ2) is 9.48. The van der Waals surface area contributed by atoms with Crippen molar-refractivity contribution in [2.45, 2.75) is 26.8 Å². The molecule has 2 N–H and O–H groups in total. The monoisotopic (exact) mass is 440 g/mol. The molecule has 1 heterocycles. The first-order chi connectivity index (χ1) is 16.0. The van der Waals surface area contributed by atoms with Crippen LogP contribution in [0.15, 0.2) is 77.6 Å². The summed E-state index contributed by atoms with van der Waals surface area (Å²) >= 11 is 0. The lowest BCUT2D eigenvalue weighted by atomic mass is 10.1. The zero-order valence-corrected chi connectivity index (χ0v) is 18.5. The van der Waals surface area contributed by atoms with E-state index in [1.165, 1.54) is 4.57 Å². The lowest BCUT2D eigenvalue weighted by Gasteiger charge is -2.15. The van der Waals surface area contributed by atoms with Gasteiger partial charge in [-0.2, -0.15) is 0 Å². The largest absolute Gasteiger partial charge is 0.325 e. The molecule has 4 rings (SSSR count). The van der Waals surface area contributed by atoms with Gasteiger partial charge in [-0.3, -0.25) is 19.0 Å². The number of aryl methyl sites for hydroxylation is 1. The molecule has 0 unspecified atom stereocenters. The minimum Gasteiger partial charge on any atom is -0.325 e. The van der Waals surface area contributed by atoms with Crippen LogP contribution in [-0.2, 0) is 16.1 Å². The van der Waals surface area contributed by atoms with Gasteiger partial charge in [0.1, 0.15) is 12.2 Å². The van der Waals surface area contributed by atoms with E-state index >= 15 is 0 Å². The molecule has 33 heavy (non-hydrogen) atoms. The van der Waals surface area contributed by atoms with Crippen molar-refractivity contribution in [2.24, 2.45) is 0 Å². The summed E-state index contributed by atoms with van der Waals surface area (Å²) < 4.78 is 1.42. The molecule has 0 spiro atoms. The van der Waals surface area contributed by atoms with E-state index in [9.17, 15) is 14.4 Å². The molecule has 0 fully saturated rings. The highest BCUT2D eigenvalue weighted by Crippen LogP contribution is 2.26. The van der Waals surface area contributed by atoms with Gasteiger partial charge in [0.05, 0.1) is 16.7 Å². The van der Waals surface area contributed by atoms with E-state index in [-0.39, 0.29) is 24.1 Å². The van der Waals surface area contributed by atoms with Crippen LogP contribution >= 0.6 is 0 Å². The zero-order chi connectivity index (χ0) is 23.4. The average Bonchev–Trinajstić information content (AvgIpc) is 2.82. The molecule has 7 nitrogen and oxygen atoms in total. The van der Waals surface area contributed by atoms with Crippen molar-refractivity contribution < 1.29 is 9.59 Å². The van der Waals surface area contributed by atoms with E-state index in [0.717, 1.165) is 5.56 Å². The Kier molecular flexibility index (Phi) is 6.31. The van der Waals surface area contributed by atoms with Crippen molar-refractivity contribution in [3.05, 3.63) is 88.7 Å². The molecule has 0 bridgehead atoms. The smallest absolute Gasteiger partial charge is 0.278 e. The number of carbonyl (C=O) groups is 2.